The molecule has 0 heterocycles. The average molecular weight is 316 g/mol. The fourth-order valence-electron chi connectivity index (χ4n) is 1.46. The second-order valence-electron chi connectivity index (χ2n) is 4.57. The minimum atomic E-state index is 0.704. The Balaban J connectivity index is 2.21. The van der Waals surface area contributed by atoms with Crippen molar-refractivity contribution in [2.24, 2.45) is 5.92 Å². The lowest BCUT2D eigenvalue weighted by Gasteiger charge is -2.10. The Morgan fingerprint density at radius 3 is 2.67 bits per heavy atom. The second-order valence-corrected chi connectivity index (χ2v) is 5.43. The topological polar surface area (TPSA) is 30.5 Å². The summed E-state index contributed by atoms with van der Waals surface area (Å²) in [5.41, 5.74) is 1.06. The normalized spacial score (nSPS) is 10.7. The molecule has 102 valence electrons. The van der Waals surface area contributed by atoms with Crippen molar-refractivity contribution in [3.05, 3.63) is 22.7 Å². The van der Waals surface area contributed by atoms with Crippen LogP contribution in [0.3, 0.4) is 0 Å². The van der Waals surface area contributed by atoms with Crippen molar-refractivity contribution in [3.63, 3.8) is 0 Å². The van der Waals surface area contributed by atoms with E-state index < -0.39 is 0 Å². The molecule has 3 nitrogen and oxygen atoms in total. The van der Waals surface area contributed by atoms with Gasteiger partial charge in [-0.2, -0.15) is 0 Å². The van der Waals surface area contributed by atoms with E-state index in [1.165, 1.54) is 0 Å². The van der Waals surface area contributed by atoms with Crippen LogP contribution < -0.4 is 10.1 Å². The predicted molar refractivity (Wildman–Crippen MR) is 79.5 cm³/mol. The summed E-state index contributed by atoms with van der Waals surface area (Å²) in [6, 6.07) is 5.94. The molecule has 1 aromatic rings. The molecule has 0 fully saturated rings. The van der Waals surface area contributed by atoms with Crippen LogP contribution in [-0.4, -0.2) is 26.9 Å². The van der Waals surface area contributed by atoms with Crippen LogP contribution >= 0.6 is 15.9 Å². The first-order valence-electron chi connectivity index (χ1n) is 6.28. The Hall–Kier alpha value is -0.740. The van der Waals surface area contributed by atoms with Crippen LogP contribution in [0.1, 0.15) is 20.3 Å². The fourth-order valence-corrected chi connectivity index (χ4v) is 2.01. The number of anilines is 1. The van der Waals surface area contributed by atoms with Gasteiger partial charge in [0, 0.05) is 18.8 Å². The maximum atomic E-state index is 5.54. The van der Waals surface area contributed by atoms with E-state index in [2.05, 4.69) is 35.1 Å². The summed E-state index contributed by atoms with van der Waals surface area (Å²) < 4.78 is 11.7. The van der Waals surface area contributed by atoms with Crippen molar-refractivity contribution in [1.82, 2.24) is 0 Å². The molecule has 1 rings (SSSR count). The van der Waals surface area contributed by atoms with Crippen LogP contribution in [-0.2, 0) is 4.74 Å². The first kappa shape index (κ1) is 15.3. The number of hydrogen-bond acceptors (Lipinski definition) is 3. The molecule has 0 bridgehead atoms. The van der Waals surface area contributed by atoms with E-state index in [0.29, 0.717) is 5.92 Å². The molecule has 0 radical (unpaired) electrons. The Morgan fingerprint density at radius 1 is 1.28 bits per heavy atom. The highest BCUT2D eigenvalue weighted by atomic mass is 79.9. The van der Waals surface area contributed by atoms with Crippen molar-refractivity contribution in [3.8, 4) is 5.75 Å². The van der Waals surface area contributed by atoms with E-state index in [1.807, 2.05) is 18.2 Å². The molecule has 0 spiro atoms. The van der Waals surface area contributed by atoms with Crippen LogP contribution in [0.4, 0.5) is 5.69 Å². The minimum Gasteiger partial charge on any atom is -0.496 e. The lowest BCUT2D eigenvalue weighted by molar-refractivity contribution is 0.132. The summed E-state index contributed by atoms with van der Waals surface area (Å²) in [5.74, 6) is 1.55. The highest BCUT2D eigenvalue weighted by molar-refractivity contribution is 9.10. The third-order valence-corrected chi connectivity index (χ3v) is 3.19. The lowest BCUT2D eigenvalue weighted by Crippen LogP contribution is -2.10. The molecule has 0 aliphatic heterocycles. The van der Waals surface area contributed by atoms with E-state index in [0.717, 1.165) is 42.1 Å². The number of halogens is 1. The van der Waals surface area contributed by atoms with E-state index in [-0.39, 0.29) is 0 Å². The van der Waals surface area contributed by atoms with Crippen molar-refractivity contribution < 1.29 is 9.47 Å². The summed E-state index contributed by atoms with van der Waals surface area (Å²) in [7, 11) is 1.66. The van der Waals surface area contributed by atoms with Gasteiger partial charge in [-0.1, -0.05) is 13.8 Å². The zero-order valence-corrected chi connectivity index (χ0v) is 12.9. The maximum Gasteiger partial charge on any atom is 0.133 e. The van der Waals surface area contributed by atoms with Crippen LogP contribution in [0.2, 0.25) is 0 Å². The van der Waals surface area contributed by atoms with Crippen LogP contribution in [0.5, 0.6) is 5.75 Å². The maximum absolute atomic E-state index is 5.54. The summed E-state index contributed by atoms with van der Waals surface area (Å²) in [6.45, 7) is 6.80. The number of rotatable bonds is 8. The molecule has 1 N–H and O–H groups in total. The molecule has 0 aromatic heterocycles. The van der Waals surface area contributed by atoms with Gasteiger partial charge in [0.15, 0.2) is 0 Å². The molecular formula is C14H22BrNO2. The monoisotopic (exact) mass is 315 g/mol. The quantitative estimate of drug-likeness (QED) is 0.737. The first-order valence-corrected chi connectivity index (χ1v) is 7.08. The number of ether oxygens (including phenoxy) is 2. The van der Waals surface area contributed by atoms with Crippen molar-refractivity contribution in [1.29, 1.82) is 0 Å². The predicted octanol–water partition coefficient (Wildman–Crippen LogP) is 3.93. The fraction of sp³-hybridized carbons (Fsp3) is 0.571. The van der Waals surface area contributed by atoms with Gasteiger partial charge < -0.3 is 14.8 Å². The zero-order valence-electron chi connectivity index (χ0n) is 11.3. The number of hydrogen-bond donors (Lipinski definition) is 1. The Bertz CT molecular complexity index is 356. The van der Waals surface area contributed by atoms with Gasteiger partial charge in [0.2, 0.25) is 0 Å². The van der Waals surface area contributed by atoms with Gasteiger partial charge in [-0.15, -0.1) is 0 Å². The zero-order chi connectivity index (χ0) is 13.4. The molecule has 0 amide bonds. The molecule has 4 heteroatoms. The number of nitrogens with one attached hydrogen (secondary N) is 1. The second kappa shape index (κ2) is 8.38. The van der Waals surface area contributed by atoms with Crippen LogP contribution in [0.25, 0.3) is 0 Å². The van der Waals surface area contributed by atoms with Crippen molar-refractivity contribution in [2.75, 3.05) is 32.2 Å². The third-order valence-electron chi connectivity index (χ3n) is 2.57. The van der Waals surface area contributed by atoms with E-state index in [4.69, 9.17) is 9.47 Å². The van der Waals surface area contributed by atoms with Gasteiger partial charge in [-0.25, -0.2) is 0 Å². The van der Waals surface area contributed by atoms with Crippen LogP contribution in [0.15, 0.2) is 22.7 Å². The number of benzene rings is 1. The summed E-state index contributed by atoms with van der Waals surface area (Å²) in [4.78, 5) is 0. The molecule has 0 unspecified atom stereocenters. The molecule has 0 aliphatic carbocycles. The SMILES string of the molecule is COc1ccc(NCCOCCC(C)C)cc1Br. The van der Waals surface area contributed by atoms with Crippen LogP contribution in [0, 0.1) is 5.92 Å². The van der Waals surface area contributed by atoms with Gasteiger partial charge in [0.1, 0.15) is 5.75 Å². The molecule has 0 saturated heterocycles. The Morgan fingerprint density at radius 2 is 2.06 bits per heavy atom. The smallest absolute Gasteiger partial charge is 0.133 e. The Labute approximate surface area is 118 Å². The van der Waals surface area contributed by atoms with Crippen molar-refractivity contribution in [2.45, 2.75) is 20.3 Å². The molecule has 0 atom stereocenters. The summed E-state index contributed by atoms with van der Waals surface area (Å²) >= 11 is 3.46. The molecule has 1 aromatic carbocycles. The average Bonchev–Trinajstić information content (AvgIpc) is 2.33. The highest BCUT2D eigenvalue weighted by Gasteiger charge is 2.00. The van der Waals surface area contributed by atoms with Gasteiger partial charge in [0.25, 0.3) is 0 Å². The van der Waals surface area contributed by atoms with E-state index >= 15 is 0 Å². The van der Waals surface area contributed by atoms with Gasteiger partial charge in [-0.05, 0) is 46.5 Å². The summed E-state index contributed by atoms with van der Waals surface area (Å²) in [5, 5.41) is 3.31. The molecule has 0 aliphatic rings. The van der Waals surface area contributed by atoms with Gasteiger partial charge in [-0.3, -0.25) is 0 Å². The molecular weight excluding hydrogens is 294 g/mol. The summed E-state index contributed by atoms with van der Waals surface area (Å²) in [6.07, 6.45) is 1.12. The minimum absolute atomic E-state index is 0.704. The van der Waals surface area contributed by atoms with Gasteiger partial charge in [0.05, 0.1) is 18.2 Å². The largest absolute Gasteiger partial charge is 0.496 e. The van der Waals surface area contributed by atoms with E-state index in [9.17, 15) is 0 Å². The lowest BCUT2D eigenvalue weighted by atomic mass is 10.1. The molecule has 18 heavy (non-hydrogen) atoms. The number of methoxy groups -OCH3 is 1. The van der Waals surface area contributed by atoms with E-state index in [1.54, 1.807) is 7.11 Å². The first-order chi connectivity index (χ1) is 8.63. The molecule has 0 saturated carbocycles. The standard InChI is InChI=1S/C14H22BrNO2/c1-11(2)6-8-18-9-7-16-12-4-5-14(17-3)13(15)10-12/h4-5,10-11,16H,6-9H2,1-3H3. The third kappa shape index (κ3) is 5.74. The van der Waals surface area contributed by atoms with Gasteiger partial charge >= 0.3 is 0 Å². The van der Waals surface area contributed by atoms with Crippen molar-refractivity contribution >= 4 is 21.6 Å². The highest BCUT2D eigenvalue weighted by Crippen LogP contribution is 2.27. The Kier molecular flexibility index (Phi) is 7.13.